The summed E-state index contributed by atoms with van der Waals surface area (Å²) in [6.45, 7) is 3.55. The first-order chi connectivity index (χ1) is 19.1. The first-order valence-electron chi connectivity index (χ1n) is 9.31. The number of alkyl halides is 9. The van der Waals surface area contributed by atoms with Crippen molar-refractivity contribution in [2.24, 2.45) is 0 Å². The van der Waals surface area contributed by atoms with E-state index in [0.29, 0.717) is 24.6 Å². The molecule has 0 aliphatic carbocycles. The van der Waals surface area contributed by atoms with Gasteiger partial charge in [-0.1, -0.05) is 24.3 Å². The van der Waals surface area contributed by atoms with Gasteiger partial charge in [0.1, 0.15) is 11.5 Å². The first-order valence-corrected chi connectivity index (χ1v) is 32.4. The Kier molecular flexibility index (Phi) is 23.5. The average Bonchev–Trinajstić information content (AvgIpc) is 2.78. The van der Waals surface area contributed by atoms with Crippen molar-refractivity contribution >= 4 is 105 Å². The standard InChI is InChI=1S/C8H7F3O3S.C7H8O.C2F6O5S2.I3.I2/c1-6-3-2-4-7(5-6)14-15(12,13)8(9,10)11;1-6-3-2-4-7(8)5-6;3-1(4,5)14(9,10)13-15(11,12)2(6,7)8;1-3-2;1-2/h2-5H,1H3;2-5,8H,1H3;;;/q;;;-1;. The van der Waals surface area contributed by atoms with Gasteiger partial charge in [0.2, 0.25) is 0 Å². The molecule has 0 saturated carbocycles. The van der Waals surface area contributed by atoms with Crippen molar-refractivity contribution in [3.05, 3.63) is 59.7 Å². The van der Waals surface area contributed by atoms with E-state index in [4.69, 9.17) is 5.11 Å². The zero-order valence-electron chi connectivity index (χ0n) is 20.3. The summed E-state index contributed by atoms with van der Waals surface area (Å²) in [7, 11) is -19.3. The zero-order chi connectivity index (χ0) is 35.1. The Morgan fingerprint density at radius 3 is 1.23 bits per heavy atom. The number of hydrogen-bond donors (Lipinski definition) is 1. The molecule has 26 heteroatoms. The average molecular weight is 1270 g/mol. The van der Waals surface area contributed by atoms with Crippen molar-refractivity contribution in [1.82, 2.24) is 0 Å². The monoisotopic (exact) mass is 1260 g/mol. The number of benzene rings is 2. The van der Waals surface area contributed by atoms with Gasteiger partial charge in [-0.3, -0.25) is 0 Å². The van der Waals surface area contributed by atoms with E-state index in [2.05, 4.69) is 78.6 Å². The molecule has 2 aromatic carbocycles. The summed E-state index contributed by atoms with van der Waals surface area (Å²) in [5.74, 6) is -0.0164. The summed E-state index contributed by atoms with van der Waals surface area (Å²) in [6, 6.07) is 12.5. The molecule has 0 aliphatic rings. The molecule has 0 radical (unpaired) electrons. The molecule has 9 nitrogen and oxygen atoms in total. The normalized spacial score (nSPS) is 12.1. The molecule has 0 unspecified atom stereocenters. The van der Waals surface area contributed by atoms with Crippen LogP contribution in [0.2, 0.25) is 0 Å². The van der Waals surface area contributed by atoms with E-state index in [1.807, 2.05) is 22.7 Å². The van der Waals surface area contributed by atoms with Crippen LogP contribution in [0.1, 0.15) is 11.1 Å². The summed E-state index contributed by atoms with van der Waals surface area (Å²) < 4.78 is 171. The number of phenolic OH excluding ortho intramolecular Hbond substituents is 1. The number of phenols is 1. The van der Waals surface area contributed by atoms with Crippen LogP contribution >= 0.6 is 74.5 Å². The van der Waals surface area contributed by atoms with Crippen LogP contribution < -0.4 is 17.4 Å². The van der Waals surface area contributed by atoms with Crippen LogP contribution in [0, 0.1) is 13.8 Å². The van der Waals surface area contributed by atoms with E-state index in [1.54, 1.807) is 25.1 Å². The van der Waals surface area contributed by atoms with Crippen molar-refractivity contribution in [2.75, 3.05) is 0 Å². The number of aryl methyl sites for hydroxylation is 2. The Bertz CT molecular complexity index is 1380. The van der Waals surface area contributed by atoms with Gasteiger partial charge in [-0.2, -0.15) is 64.8 Å². The number of rotatable bonds is 4. The maximum Gasteiger partial charge on any atom is 0.524 e. The minimum absolute atomic E-state index is 0.338. The van der Waals surface area contributed by atoms with E-state index in [-0.39, 0.29) is 5.75 Å². The Morgan fingerprint density at radius 1 is 0.651 bits per heavy atom. The molecule has 0 aromatic heterocycles. The van der Waals surface area contributed by atoms with Crippen molar-refractivity contribution < 1.29 is 90.9 Å². The number of aromatic hydroxyl groups is 1. The van der Waals surface area contributed by atoms with Crippen LogP contribution in [0.15, 0.2) is 48.5 Å². The minimum Gasteiger partial charge on any atom is -0.188 e. The molecule has 1 N–H and O–H groups in total. The van der Waals surface area contributed by atoms with Crippen LogP contribution in [0.25, 0.3) is 0 Å². The fourth-order valence-electron chi connectivity index (χ4n) is 1.66. The molecular formula is C17H15F9I5O9S3-. The van der Waals surface area contributed by atoms with Crippen LogP contribution in [0.4, 0.5) is 39.5 Å². The fourth-order valence-corrected chi connectivity index (χ4v) is 3.68. The Hall–Kier alpha value is 0.870. The molecule has 0 atom stereocenters. The maximum absolute atomic E-state index is 11.9. The van der Waals surface area contributed by atoms with Crippen LogP contribution in [-0.2, 0) is 34.0 Å². The molecule has 0 spiro atoms. The number of halogens is 14. The molecule has 43 heavy (non-hydrogen) atoms. The molecule has 0 amide bonds. The van der Waals surface area contributed by atoms with Crippen molar-refractivity contribution in [3.8, 4) is 11.5 Å². The molecule has 0 aliphatic heterocycles. The summed E-state index contributed by atoms with van der Waals surface area (Å²) in [4.78, 5) is 0. The van der Waals surface area contributed by atoms with Gasteiger partial charge < -0.3 is 9.29 Å². The predicted molar refractivity (Wildman–Crippen MR) is 167 cm³/mol. The van der Waals surface area contributed by atoms with Crippen molar-refractivity contribution in [3.63, 3.8) is 0 Å². The second-order valence-corrected chi connectivity index (χ2v) is 27.6. The molecule has 2 rings (SSSR count). The van der Waals surface area contributed by atoms with E-state index < -0.39 is 46.9 Å². The van der Waals surface area contributed by atoms with Gasteiger partial charge in [0.05, 0.1) is 0 Å². The quantitative estimate of drug-likeness (QED) is 0.190. The molecule has 0 fully saturated rings. The van der Waals surface area contributed by atoms with Gasteiger partial charge in [-0.25, -0.2) is 0 Å². The third-order valence-corrected chi connectivity index (χ3v) is 6.77. The molecule has 2 aromatic rings. The zero-order valence-corrected chi connectivity index (χ0v) is 33.6. The van der Waals surface area contributed by atoms with Gasteiger partial charge in [0.15, 0.2) is 0 Å². The SMILES string of the molecule is Cc1cccc(O)c1.Cc1cccc(OS(=O)(=O)C(F)(F)F)c1.II.I[I-]I.O=S(=O)(OS(=O)(=O)C(F)(F)F)C(F)(F)F. The van der Waals surface area contributed by atoms with E-state index in [0.717, 1.165) is 11.6 Å². The molecular weight excluding hydrogens is 1250 g/mol. The van der Waals surface area contributed by atoms with Crippen molar-refractivity contribution in [1.29, 1.82) is 0 Å². The van der Waals surface area contributed by atoms with Gasteiger partial charge in [0, 0.05) is 37.2 Å². The van der Waals surface area contributed by atoms with Crippen LogP contribution in [0.5, 0.6) is 11.5 Å². The van der Waals surface area contributed by atoms with Crippen LogP contribution in [0.3, 0.4) is 0 Å². The fraction of sp³-hybridized carbons (Fsp3) is 0.294. The van der Waals surface area contributed by atoms with Gasteiger partial charge in [-0.05, 0) is 49.2 Å². The summed E-state index contributed by atoms with van der Waals surface area (Å²) in [6.07, 6.45) is 0. The smallest absolute Gasteiger partial charge is 0.188 e. The second kappa shape index (κ2) is 21.0. The maximum atomic E-state index is 11.9. The van der Waals surface area contributed by atoms with Crippen LogP contribution in [-0.4, -0.2) is 46.9 Å². The second-order valence-electron chi connectivity index (χ2n) is 6.56. The summed E-state index contributed by atoms with van der Waals surface area (Å²) >= 11 is 9.54. The first kappa shape index (κ1) is 48.3. The van der Waals surface area contributed by atoms with Gasteiger partial charge >= 0.3 is 97.4 Å². The number of hydrogen-bond acceptors (Lipinski definition) is 9. The summed E-state index contributed by atoms with van der Waals surface area (Å²) in [5.41, 5.74) is -16.2. The third-order valence-electron chi connectivity index (χ3n) is 3.23. The Balaban J connectivity index is -0.000000535. The topological polar surface area (TPSA) is 141 Å². The molecule has 0 heterocycles. The molecule has 254 valence electrons. The summed E-state index contributed by atoms with van der Waals surface area (Å²) in [5, 5.41) is 8.81. The predicted octanol–water partition coefficient (Wildman–Crippen LogP) is 5.17. The largest absolute Gasteiger partial charge is 0.524 e. The third kappa shape index (κ3) is 20.7. The minimum atomic E-state index is -6.85. The Labute approximate surface area is 293 Å². The van der Waals surface area contributed by atoms with Crippen molar-refractivity contribution in [2.45, 2.75) is 30.4 Å². The van der Waals surface area contributed by atoms with E-state index >= 15 is 0 Å². The molecule has 0 bridgehead atoms. The van der Waals surface area contributed by atoms with E-state index in [9.17, 15) is 64.8 Å². The Morgan fingerprint density at radius 2 is 0.977 bits per heavy atom. The van der Waals surface area contributed by atoms with Gasteiger partial charge in [-0.15, -0.1) is 3.63 Å². The van der Waals surface area contributed by atoms with Gasteiger partial charge in [0.25, 0.3) is 0 Å². The van der Waals surface area contributed by atoms with E-state index in [1.165, 1.54) is 12.1 Å². The molecule has 0 saturated heterocycles.